The molecule has 1 atom stereocenters. The third kappa shape index (κ3) is 4.08. The van der Waals surface area contributed by atoms with Gasteiger partial charge >= 0.3 is 0 Å². The summed E-state index contributed by atoms with van der Waals surface area (Å²) < 4.78 is 5.98. The molecule has 4 rings (SSSR count). The van der Waals surface area contributed by atoms with Crippen molar-refractivity contribution in [2.75, 3.05) is 13.1 Å². The minimum absolute atomic E-state index is 0.0441. The number of carbonyl (C=O) groups excluding carboxylic acids is 1. The quantitative estimate of drug-likeness (QED) is 0.524. The van der Waals surface area contributed by atoms with E-state index >= 15 is 0 Å². The first-order chi connectivity index (χ1) is 14.0. The van der Waals surface area contributed by atoms with Gasteiger partial charge < -0.3 is 9.64 Å². The van der Waals surface area contributed by atoms with Crippen molar-refractivity contribution >= 4 is 28.3 Å². The van der Waals surface area contributed by atoms with Gasteiger partial charge in [-0.1, -0.05) is 35.9 Å². The summed E-state index contributed by atoms with van der Waals surface area (Å²) in [7, 11) is 0. The van der Waals surface area contributed by atoms with E-state index in [1.807, 2.05) is 48.4 Å². The second kappa shape index (κ2) is 8.42. The largest absolute Gasteiger partial charge is 0.481 e. The molecule has 0 radical (unpaired) electrons. The molecule has 4 nitrogen and oxygen atoms in total. The molecule has 0 spiro atoms. The number of benzene rings is 2. The van der Waals surface area contributed by atoms with Crippen LogP contribution >= 0.6 is 11.6 Å². The maximum absolute atomic E-state index is 12.7. The molecule has 1 saturated heterocycles. The molecular formula is C24H25ClN2O2. The molecule has 1 aromatic heterocycles. The third-order valence-corrected chi connectivity index (χ3v) is 5.88. The van der Waals surface area contributed by atoms with Gasteiger partial charge in [0.05, 0.1) is 0 Å². The number of amides is 1. The molecule has 2 aromatic carbocycles. The maximum Gasteiger partial charge on any atom is 0.263 e. The summed E-state index contributed by atoms with van der Waals surface area (Å²) in [6, 6.07) is 14.0. The highest BCUT2D eigenvalue weighted by Gasteiger charge is 2.23. The van der Waals surface area contributed by atoms with Gasteiger partial charge in [-0.05, 0) is 67.8 Å². The Morgan fingerprint density at radius 1 is 1.07 bits per heavy atom. The van der Waals surface area contributed by atoms with Crippen molar-refractivity contribution in [3.05, 3.63) is 59.4 Å². The number of piperidine rings is 1. The number of hydrogen-bond donors (Lipinski definition) is 0. The molecule has 0 saturated carbocycles. The van der Waals surface area contributed by atoms with Gasteiger partial charge in [0.1, 0.15) is 10.9 Å². The molecule has 1 aliphatic rings. The Kier molecular flexibility index (Phi) is 5.72. The van der Waals surface area contributed by atoms with E-state index < -0.39 is 6.10 Å². The molecule has 1 unspecified atom stereocenters. The molecule has 5 heteroatoms. The van der Waals surface area contributed by atoms with Crippen LogP contribution in [0.4, 0.5) is 0 Å². The molecule has 0 aliphatic carbocycles. The number of halogens is 1. The molecule has 1 aliphatic heterocycles. The summed E-state index contributed by atoms with van der Waals surface area (Å²) in [5.41, 5.74) is 3.34. The zero-order chi connectivity index (χ0) is 20.4. The fourth-order valence-electron chi connectivity index (χ4n) is 3.98. The van der Waals surface area contributed by atoms with E-state index in [4.69, 9.17) is 16.3 Å². The maximum atomic E-state index is 12.7. The second-order valence-corrected chi connectivity index (χ2v) is 7.99. The summed E-state index contributed by atoms with van der Waals surface area (Å²) in [4.78, 5) is 19.0. The number of rotatable bonds is 4. The lowest BCUT2D eigenvalue weighted by molar-refractivity contribution is -0.138. The van der Waals surface area contributed by atoms with Crippen molar-refractivity contribution in [2.45, 2.75) is 39.2 Å². The number of nitrogens with zero attached hydrogens (tertiary/aromatic N) is 2. The van der Waals surface area contributed by atoms with Gasteiger partial charge in [0.2, 0.25) is 0 Å². The lowest BCUT2D eigenvalue weighted by Crippen LogP contribution is -2.43. The molecule has 0 N–H and O–H groups in total. The lowest BCUT2D eigenvalue weighted by Gasteiger charge is -2.29. The molecule has 0 bridgehead atoms. The first kappa shape index (κ1) is 19.7. The van der Waals surface area contributed by atoms with Crippen LogP contribution in [-0.4, -0.2) is 35.0 Å². The van der Waals surface area contributed by atoms with E-state index in [-0.39, 0.29) is 5.91 Å². The third-order valence-electron chi connectivity index (χ3n) is 5.57. The van der Waals surface area contributed by atoms with E-state index in [1.54, 1.807) is 0 Å². The van der Waals surface area contributed by atoms with Crippen molar-refractivity contribution in [3.63, 3.8) is 0 Å². The highest BCUT2D eigenvalue weighted by Crippen LogP contribution is 2.35. The monoisotopic (exact) mass is 408 g/mol. The number of hydrogen-bond acceptors (Lipinski definition) is 3. The predicted octanol–water partition coefficient (Wildman–Crippen LogP) is 5.64. The Morgan fingerprint density at radius 3 is 2.59 bits per heavy atom. The molecule has 29 heavy (non-hydrogen) atoms. The van der Waals surface area contributed by atoms with E-state index in [1.165, 1.54) is 12.0 Å². The number of pyridine rings is 1. The van der Waals surface area contributed by atoms with Gasteiger partial charge in [0, 0.05) is 30.2 Å². The standard InChI is InChI=1S/C24H25ClN2O2/c1-16-8-4-5-9-19(16)22-15-26-23(25)21-14-18(10-11-20(21)22)29-17(2)24(28)27-12-6-3-7-13-27/h4-5,8-11,14-15,17H,3,6-7,12-13H2,1-2H3. The fourth-order valence-corrected chi connectivity index (χ4v) is 4.18. The average molecular weight is 409 g/mol. The first-order valence-corrected chi connectivity index (χ1v) is 10.5. The van der Waals surface area contributed by atoms with Crippen molar-refractivity contribution in [1.82, 2.24) is 9.88 Å². The second-order valence-electron chi connectivity index (χ2n) is 7.63. The highest BCUT2D eigenvalue weighted by molar-refractivity contribution is 6.34. The van der Waals surface area contributed by atoms with Crippen LogP contribution < -0.4 is 4.74 Å². The number of fused-ring (bicyclic) bond motifs is 1. The van der Waals surface area contributed by atoms with E-state index in [2.05, 4.69) is 24.0 Å². The Bertz CT molecular complexity index is 1040. The van der Waals surface area contributed by atoms with Crippen LogP contribution in [0.2, 0.25) is 5.15 Å². The predicted molar refractivity (Wildman–Crippen MR) is 117 cm³/mol. The number of carbonyl (C=O) groups is 1. The summed E-state index contributed by atoms with van der Waals surface area (Å²) in [6.07, 6.45) is 4.61. The Labute approximate surface area is 176 Å². The fraction of sp³-hybridized carbons (Fsp3) is 0.333. The van der Waals surface area contributed by atoms with Crippen LogP contribution in [0.15, 0.2) is 48.7 Å². The van der Waals surface area contributed by atoms with Gasteiger partial charge in [-0.3, -0.25) is 4.79 Å². The van der Waals surface area contributed by atoms with Crippen molar-refractivity contribution in [2.24, 2.45) is 0 Å². The SMILES string of the molecule is Cc1ccccc1-c1cnc(Cl)c2cc(OC(C)C(=O)N3CCCCC3)ccc12. The molecule has 1 amide bonds. The van der Waals surface area contributed by atoms with Crippen LogP contribution in [0, 0.1) is 6.92 Å². The van der Waals surface area contributed by atoms with Crippen molar-refractivity contribution in [3.8, 4) is 16.9 Å². The Hall–Kier alpha value is -2.59. The van der Waals surface area contributed by atoms with Crippen molar-refractivity contribution < 1.29 is 9.53 Å². The Morgan fingerprint density at radius 2 is 1.83 bits per heavy atom. The van der Waals surface area contributed by atoms with Crippen LogP contribution in [-0.2, 0) is 4.79 Å². The van der Waals surface area contributed by atoms with E-state index in [9.17, 15) is 4.79 Å². The zero-order valence-corrected chi connectivity index (χ0v) is 17.6. The van der Waals surface area contributed by atoms with Crippen LogP contribution in [0.3, 0.4) is 0 Å². The molecule has 150 valence electrons. The minimum Gasteiger partial charge on any atom is -0.481 e. The first-order valence-electron chi connectivity index (χ1n) is 10.1. The smallest absolute Gasteiger partial charge is 0.263 e. The number of ether oxygens (including phenoxy) is 1. The number of aromatic nitrogens is 1. The normalized spacial score (nSPS) is 15.3. The lowest BCUT2D eigenvalue weighted by atomic mass is 9.97. The number of likely N-dealkylation sites (tertiary alicyclic amines) is 1. The summed E-state index contributed by atoms with van der Waals surface area (Å²) >= 11 is 6.41. The highest BCUT2D eigenvalue weighted by atomic mass is 35.5. The van der Waals surface area contributed by atoms with Crippen LogP contribution in [0.5, 0.6) is 5.75 Å². The average Bonchev–Trinajstić information content (AvgIpc) is 2.75. The van der Waals surface area contributed by atoms with Gasteiger partial charge in [0.15, 0.2) is 6.10 Å². The summed E-state index contributed by atoms with van der Waals surface area (Å²) in [6.45, 7) is 5.53. The van der Waals surface area contributed by atoms with Gasteiger partial charge in [0.25, 0.3) is 5.91 Å². The molecular weight excluding hydrogens is 384 g/mol. The number of aryl methyl sites for hydroxylation is 1. The van der Waals surface area contributed by atoms with Crippen LogP contribution in [0.1, 0.15) is 31.7 Å². The minimum atomic E-state index is -0.531. The summed E-state index contributed by atoms with van der Waals surface area (Å²) in [5, 5.41) is 2.27. The topological polar surface area (TPSA) is 42.4 Å². The van der Waals surface area contributed by atoms with Crippen LogP contribution in [0.25, 0.3) is 21.9 Å². The molecule has 2 heterocycles. The van der Waals surface area contributed by atoms with Crippen molar-refractivity contribution in [1.29, 1.82) is 0 Å². The van der Waals surface area contributed by atoms with E-state index in [0.717, 1.165) is 47.8 Å². The Balaban J connectivity index is 1.63. The summed E-state index contributed by atoms with van der Waals surface area (Å²) in [5.74, 6) is 0.670. The van der Waals surface area contributed by atoms with Gasteiger partial charge in [-0.2, -0.15) is 0 Å². The van der Waals surface area contributed by atoms with Gasteiger partial charge in [-0.25, -0.2) is 4.98 Å². The molecule has 3 aromatic rings. The molecule has 1 fully saturated rings. The zero-order valence-electron chi connectivity index (χ0n) is 16.8. The van der Waals surface area contributed by atoms with E-state index in [0.29, 0.717) is 10.9 Å². The van der Waals surface area contributed by atoms with Gasteiger partial charge in [-0.15, -0.1) is 0 Å².